The Kier molecular flexibility index (Phi) is 6.51. The molecule has 1 amide bonds. The summed E-state index contributed by atoms with van der Waals surface area (Å²) in [5.41, 5.74) is 2.37. The lowest BCUT2D eigenvalue weighted by atomic mass is 10.1. The van der Waals surface area contributed by atoms with Crippen LogP contribution in [0.5, 0.6) is 0 Å². The minimum atomic E-state index is -0.330. The summed E-state index contributed by atoms with van der Waals surface area (Å²) in [6.45, 7) is 6.96. The van der Waals surface area contributed by atoms with Crippen molar-refractivity contribution in [2.45, 2.75) is 72.0 Å². The molecule has 4 aromatic rings. The van der Waals surface area contributed by atoms with Gasteiger partial charge in [0.05, 0.1) is 17.4 Å². The number of carbonyl (C=O) groups is 1. The molecule has 8 nitrogen and oxygen atoms in total. The molecule has 2 aromatic heterocycles. The molecule has 1 N–H and O–H groups in total. The van der Waals surface area contributed by atoms with Crippen LogP contribution in [0.1, 0.15) is 67.4 Å². The number of amides is 1. The lowest BCUT2D eigenvalue weighted by Gasteiger charge is -2.14. The molecule has 0 unspecified atom stereocenters. The molecule has 188 valence electrons. The summed E-state index contributed by atoms with van der Waals surface area (Å²) in [5.74, 6) is 0.510. The second-order valence-corrected chi connectivity index (χ2v) is 10.4. The molecule has 5 rings (SSSR count). The molecular weight excluding hydrogens is 454 g/mol. The van der Waals surface area contributed by atoms with Crippen LogP contribution >= 0.6 is 0 Å². The SMILES string of the molecule is Cc1cccc(Cn2nc3n(CCC(C)C)c(=O)c4ccc(C(=O)NC5CCCC5)cc4n3c2=O)c1. The Morgan fingerprint density at radius 2 is 1.89 bits per heavy atom. The smallest absolute Gasteiger partial charge is 0.349 e. The minimum absolute atomic E-state index is 0.178. The number of aryl methyl sites for hydroxylation is 2. The van der Waals surface area contributed by atoms with E-state index in [4.69, 9.17) is 0 Å². The van der Waals surface area contributed by atoms with Gasteiger partial charge in [0.2, 0.25) is 5.78 Å². The van der Waals surface area contributed by atoms with E-state index < -0.39 is 0 Å². The van der Waals surface area contributed by atoms with E-state index in [1.807, 2.05) is 31.2 Å². The fraction of sp³-hybridized carbons (Fsp3) is 0.429. The quantitative estimate of drug-likeness (QED) is 0.428. The molecule has 0 atom stereocenters. The van der Waals surface area contributed by atoms with Gasteiger partial charge in [-0.1, -0.05) is 56.5 Å². The predicted octanol–water partition coefficient (Wildman–Crippen LogP) is 3.89. The first-order valence-corrected chi connectivity index (χ1v) is 12.8. The van der Waals surface area contributed by atoms with Crippen molar-refractivity contribution in [2.75, 3.05) is 0 Å². The first kappa shape index (κ1) is 24.0. The van der Waals surface area contributed by atoms with Crippen molar-refractivity contribution in [3.8, 4) is 0 Å². The average Bonchev–Trinajstić information content (AvgIpc) is 3.46. The van der Waals surface area contributed by atoms with Gasteiger partial charge < -0.3 is 5.32 Å². The Morgan fingerprint density at radius 1 is 1.11 bits per heavy atom. The fourth-order valence-corrected chi connectivity index (χ4v) is 5.07. The molecule has 1 aliphatic carbocycles. The molecule has 2 heterocycles. The van der Waals surface area contributed by atoms with Crippen LogP contribution in [0.3, 0.4) is 0 Å². The Labute approximate surface area is 209 Å². The van der Waals surface area contributed by atoms with Crippen molar-refractivity contribution in [1.82, 2.24) is 24.1 Å². The number of aromatic nitrogens is 4. The van der Waals surface area contributed by atoms with E-state index in [2.05, 4.69) is 24.3 Å². The highest BCUT2D eigenvalue weighted by atomic mass is 16.2. The van der Waals surface area contributed by atoms with Crippen molar-refractivity contribution >= 4 is 22.6 Å². The molecule has 0 bridgehead atoms. The molecule has 2 aromatic carbocycles. The first-order valence-electron chi connectivity index (χ1n) is 12.8. The number of fused-ring (bicyclic) bond motifs is 3. The highest BCUT2D eigenvalue weighted by molar-refractivity contribution is 5.98. The van der Waals surface area contributed by atoms with Gasteiger partial charge in [-0.2, -0.15) is 0 Å². The van der Waals surface area contributed by atoms with E-state index in [0.717, 1.165) is 43.2 Å². The van der Waals surface area contributed by atoms with E-state index in [1.54, 1.807) is 22.8 Å². The zero-order chi connectivity index (χ0) is 25.4. The van der Waals surface area contributed by atoms with Crippen molar-refractivity contribution in [1.29, 1.82) is 0 Å². The predicted molar refractivity (Wildman–Crippen MR) is 141 cm³/mol. The Balaban J connectivity index is 1.66. The molecule has 0 radical (unpaired) electrons. The molecule has 0 spiro atoms. The van der Waals surface area contributed by atoms with Crippen LogP contribution in [0.25, 0.3) is 16.7 Å². The second kappa shape index (κ2) is 9.76. The molecular formula is C28H33N5O3. The number of hydrogen-bond donors (Lipinski definition) is 1. The highest BCUT2D eigenvalue weighted by Gasteiger charge is 2.21. The van der Waals surface area contributed by atoms with Crippen molar-refractivity contribution in [2.24, 2.45) is 5.92 Å². The number of carbonyl (C=O) groups excluding carboxylic acids is 1. The summed E-state index contributed by atoms with van der Waals surface area (Å²) in [4.78, 5) is 40.1. The zero-order valence-electron chi connectivity index (χ0n) is 21.2. The average molecular weight is 488 g/mol. The fourth-order valence-electron chi connectivity index (χ4n) is 5.07. The summed E-state index contributed by atoms with van der Waals surface area (Å²) in [6.07, 6.45) is 4.98. The summed E-state index contributed by atoms with van der Waals surface area (Å²) < 4.78 is 4.48. The van der Waals surface area contributed by atoms with Gasteiger partial charge in [-0.3, -0.25) is 14.2 Å². The molecule has 36 heavy (non-hydrogen) atoms. The maximum absolute atomic E-state index is 13.6. The lowest BCUT2D eigenvalue weighted by Crippen LogP contribution is -2.33. The maximum Gasteiger partial charge on any atom is 0.352 e. The van der Waals surface area contributed by atoms with Gasteiger partial charge in [-0.25, -0.2) is 13.9 Å². The summed E-state index contributed by atoms with van der Waals surface area (Å²) in [5, 5.41) is 8.11. The number of hydrogen-bond acceptors (Lipinski definition) is 4. The van der Waals surface area contributed by atoms with E-state index in [1.165, 1.54) is 9.08 Å². The molecule has 1 saturated carbocycles. The third-order valence-electron chi connectivity index (χ3n) is 7.08. The first-order chi connectivity index (χ1) is 17.3. The van der Waals surface area contributed by atoms with Gasteiger partial charge >= 0.3 is 5.69 Å². The standard InChI is InChI=1S/C28H33N5O3/c1-18(2)13-14-31-26(35)23-12-11-21(25(34)29-22-9-4-5-10-22)16-24(23)33-27(31)30-32(28(33)36)17-20-8-6-7-19(3)15-20/h6-8,11-12,15-16,18,22H,4-5,9-10,13-14,17H2,1-3H3,(H,29,34). The third-order valence-corrected chi connectivity index (χ3v) is 7.08. The van der Waals surface area contributed by atoms with Crippen molar-refractivity contribution < 1.29 is 4.79 Å². The van der Waals surface area contributed by atoms with Crippen LogP contribution < -0.4 is 16.6 Å². The van der Waals surface area contributed by atoms with Gasteiger partial charge in [-0.05, 0) is 55.9 Å². The number of benzene rings is 2. The largest absolute Gasteiger partial charge is 0.352 e. The Bertz CT molecular complexity index is 1550. The molecule has 8 heteroatoms. The van der Waals surface area contributed by atoms with Crippen molar-refractivity contribution in [3.05, 3.63) is 80.0 Å². The van der Waals surface area contributed by atoms with Gasteiger partial charge in [-0.15, -0.1) is 5.10 Å². The Morgan fingerprint density at radius 3 is 2.61 bits per heavy atom. The maximum atomic E-state index is 13.6. The van der Waals surface area contributed by atoms with Gasteiger partial charge in [0.1, 0.15) is 0 Å². The van der Waals surface area contributed by atoms with E-state index in [9.17, 15) is 14.4 Å². The lowest BCUT2D eigenvalue weighted by molar-refractivity contribution is 0.0938. The van der Waals surface area contributed by atoms with Crippen LogP contribution in [0.4, 0.5) is 0 Å². The van der Waals surface area contributed by atoms with Crippen molar-refractivity contribution in [3.63, 3.8) is 0 Å². The van der Waals surface area contributed by atoms with E-state index >= 15 is 0 Å². The van der Waals surface area contributed by atoms with Crippen LogP contribution in [0.15, 0.2) is 52.1 Å². The Hall–Kier alpha value is -3.68. The van der Waals surface area contributed by atoms with E-state index in [-0.39, 0.29) is 23.2 Å². The number of nitrogens with one attached hydrogen (secondary N) is 1. The normalized spacial score (nSPS) is 14.3. The van der Waals surface area contributed by atoms with E-state index in [0.29, 0.717) is 41.3 Å². The third kappa shape index (κ3) is 4.59. The summed E-state index contributed by atoms with van der Waals surface area (Å²) >= 11 is 0. The second-order valence-electron chi connectivity index (χ2n) is 10.4. The monoisotopic (exact) mass is 487 g/mol. The number of nitrogens with zero attached hydrogens (tertiary/aromatic N) is 4. The van der Waals surface area contributed by atoms with Gasteiger partial charge in [0.25, 0.3) is 11.5 Å². The molecule has 0 saturated heterocycles. The number of rotatable bonds is 7. The van der Waals surface area contributed by atoms with Crippen LogP contribution in [0.2, 0.25) is 0 Å². The van der Waals surface area contributed by atoms with Gasteiger partial charge in [0.15, 0.2) is 0 Å². The van der Waals surface area contributed by atoms with Crippen LogP contribution in [0, 0.1) is 12.8 Å². The molecule has 0 aliphatic heterocycles. The van der Waals surface area contributed by atoms with Crippen LogP contribution in [-0.4, -0.2) is 30.7 Å². The molecule has 1 aliphatic rings. The van der Waals surface area contributed by atoms with Crippen LogP contribution in [-0.2, 0) is 13.1 Å². The summed E-state index contributed by atoms with van der Waals surface area (Å²) in [7, 11) is 0. The zero-order valence-corrected chi connectivity index (χ0v) is 21.2. The molecule has 1 fully saturated rings. The topological polar surface area (TPSA) is 90.4 Å². The van der Waals surface area contributed by atoms with Gasteiger partial charge in [0, 0.05) is 18.2 Å². The minimum Gasteiger partial charge on any atom is -0.349 e. The highest BCUT2D eigenvalue weighted by Crippen LogP contribution is 2.20. The summed E-state index contributed by atoms with van der Waals surface area (Å²) in [6, 6.07) is 13.1.